The summed E-state index contributed by atoms with van der Waals surface area (Å²) in [5.41, 5.74) is 2.86. The number of alkyl halides is 2. The number of nitrogens with zero attached hydrogens (tertiary/aromatic N) is 3. The highest BCUT2D eigenvalue weighted by Gasteiger charge is 2.14. The Balaban J connectivity index is 2.95. The molecule has 0 radical (unpaired) electrons. The van der Waals surface area contributed by atoms with Gasteiger partial charge in [-0.2, -0.15) is 4.98 Å². The van der Waals surface area contributed by atoms with E-state index in [0.29, 0.717) is 11.5 Å². The number of hydrogen-bond donors (Lipinski definition) is 3. The smallest absolute Gasteiger partial charge is 0.255 e. The van der Waals surface area contributed by atoms with Crippen LogP contribution in [-0.4, -0.2) is 41.2 Å². The van der Waals surface area contributed by atoms with Crippen LogP contribution in [0.25, 0.3) is 0 Å². The van der Waals surface area contributed by atoms with Crippen molar-refractivity contribution < 1.29 is 13.9 Å². The molecule has 0 bridgehead atoms. The van der Waals surface area contributed by atoms with Gasteiger partial charge in [-0.05, 0) is 6.92 Å². The topological polar surface area (TPSA) is 87.3 Å². The second kappa shape index (κ2) is 6.26. The number of nitrogens with one attached hydrogen (secondary N) is 1. The molecule has 6 nitrogen and oxygen atoms in total. The van der Waals surface area contributed by atoms with Crippen LogP contribution in [0.15, 0.2) is 6.07 Å². The van der Waals surface area contributed by atoms with Gasteiger partial charge in [0.25, 0.3) is 6.43 Å². The summed E-state index contributed by atoms with van der Waals surface area (Å²) in [6, 6.07) is 1.55. The van der Waals surface area contributed by atoms with Crippen LogP contribution < -0.4 is 16.2 Å². The molecule has 4 N–H and O–H groups in total. The molecule has 0 aliphatic carbocycles. The van der Waals surface area contributed by atoms with Gasteiger partial charge in [-0.3, -0.25) is 5.43 Å². The van der Waals surface area contributed by atoms with Crippen molar-refractivity contribution in [1.29, 1.82) is 0 Å². The molecule has 0 aliphatic heterocycles. The van der Waals surface area contributed by atoms with Crippen LogP contribution in [0.4, 0.5) is 20.5 Å². The van der Waals surface area contributed by atoms with E-state index in [2.05, 4.69) is 15.4 Å². The third-order valence-corrected chi connectivity index (χ3v) is 2.02. The molecule has 0 atom stereocenters. The van der Waals surface area contributed by atoms with Crippen molar-refractivity contribution in [1.82, 2.24) is 9.97 Å². The monoisotopic (exact) mass is 247 g/mol. The molecular weight excluding hydrogens is 232 g/mol. The Morgan fingerprint density at radius 1 is 1.53 bits per heavy atom. The molecule has 1 heterocycles. The number of aromatic nitrogens is 2. The van der Waals surface area contributed by atoms with E-state index in [1.54, 1.807) is 13.0 Å². The number of nitrogens with two attached hydrogens (primary N) is 1. The maximum absolute atomic E-state index is 12.4. The predicted molar refractivity (Wildman–Crippen MR) is 59.9 cm³/mol. The fourth-order valence-electron chi connectivity index (χ4n) is 1.37. The quantitative estimate of drug-likeness (QED) is 0.489. The molecular formula is C9H15F2N5O. The Bertz CT molecular complexity index is 363. The lowest BCUT2D eigenvalue weighted by atomic mass is 10.3. The Hall–Kier alpha value is -1.54. The average Bonchev–Trinajstić information content (AvgIpc) is 2.27. The minimum absolute atomic E-state index is 0.0742. The second-order valence-corrected chi connectivity index (χ2v) is 3.40. The van der Waals surface area contributed by atoms with Gasteiger partial charge in [0.05, 0.1) is 13.2 Å². The average molecular weight is 247 g/mol. The number of rotatable bonds is 6. The van der Waals surface area contributed by atoms with Crippen molar-refractivity contribution in [2.45, 2.75) is 13.3 Å². The van der Waals surface area contributed by atoms with Crippen LogP contribution in [0, 0.1) is 6.92 Å². The molecule has 0 amide bonds. The van der Waals surface area contributed by atoms with E-state index in [0.717, 1.165) is 0 Å². The summed E-state index contributed by atoms with van der Waals surface area (Å²) in [7, 11) is 0. The first-order valence-electron chi connectivity index (χ1n) is 5.03. The fraction of sp³-hybridized carbons (Fsp3) is 0.556. The standard InChI is InChI=1S/C9H15F2N5O/c1-6-4-8(14-9(13-6)15-12)16(2-3-17)5-7(10)11/h4,7,17H,2-3,5,12H2,1H3,(H,13,14,15). The number of aryl methyl sites for hydroxylation is 1. The fourth-order valence-corrected chi connectivity index (χ4v) is 1.37. The number of halogens is 2. The summed E-state index contributed by atoms with van der Waals surface area (Å²) in [5.74, 6) is 5.63. The van der Waals surface area contributed by atoms with Crippen molar-refractivity contribution in [3.8, 4) is 0 Å². The Kier molecular flexibility index (Phi) is 4.98. The van der Waals surface area contributed by atoms with Crippen LogP contribution in [-0.2, 0) is 0 Å². The maximum Gasteiger partial charge on any atom is 0.255 e. The minimum Gasteiger partial charge on any atom is -0.395 e. The van der Waals surface area contributed by atoms with Crippen LogP contribution in [0.5, 0.6) is 0 Å². The molecule has 96 valence electrons. The number of hydrazine groups is 1. The summed E-state index contributed by atoms with van der Waals surface area (Å²) in [6.45, 7) is 1.04. The van der Waals surface area contributed by atoms with Crippen LogP contribution in [0.1, 0.15) is 5.69 Å². The summed E-state index contributed by atoms with van der Waals surface area (Å²) >= 11 is 0. The lowest BCUT2D eigenvalue weighted by Gasteiger charge is -2.22. The number of aliphatic hydroxyl groups excluding tert-OH is 1. The Morgan fingerprint density at radius 2 is 2.24 bits per heavy atom. The lowest BCUT2D eigenvalue weighted by Crippen LogP contribution is -2.32. The van der Waals surface area contributed by atoms with Crippen LogP contribution in [0.2, 0.25) is 0 Å². The van der Waals surface area contributed by atoms with E-state index in [1.807, 2.05) is 0 Å². The third-order valence-electron chi connectivity index (χ3n) is 2.02. The van der Waals surface area contributed by atoms with E-state index >= 15 is 0 Å². The van der Waals surface area contributed by atoms with Gasteiger partial charge >= 0.3 is 0 Å². The van der Waals surface area contributed by atoms with Crippen molar-refractivity contribution in [3.05, 3.63) is 11.8 Å². The molecule has 0 saturated heterocycles. The van der Waals surface area contributed by atoms with Crippen molar-refractivity contribution in [2.75, 3.05) is 30.0 Å². The van der Waals surface area contributed by atoms with Gasteiger partial charge in [0, 0.05) is 18.3 Å². The van der Waals surface area contributed by atoms with E-state index in [4.69, 9.17) is 10.9 Å². The molecule has 1 aromatic rings. The molecule has 0 saturated carbocycles. The minimum atomic E-state index is -2.51. The van der Waals surface area contributed by atoms with Gasteiger partial charge in [0.1, 0.15) is 5.82 Å². The zero-order valence-corrected chi connectivity index (χ0v) is 9.40. The van der Waals surface area contributed by atoms with Gasteiger partial charge in [-0.1, -0.05) is 0 Å². The predicted octanol–water partition coefficient (Wildman–Crippen LogP) is 0.134. The van der Waals surface area contributed by atoms with Gasteiger partial charge in [-0.15, -0.1) is 0 Å². The van der Waals surface area contributed by atoms with Crippen LogP contribution in [0.3, 0.4) is 0 Å². The van der Waals surface area contributed by atoms with E-state index in [-0.39, 0.29) is 19.1 Å². The zero-order chi connectivity index (χ0) is 12.8. The van der Waals surface area contributed by atoms with E-state index < -0.39 is 13.0 Å². The number of nitrogen functional groups attached to an aromatic ring is 1. The molecule has 0 spiro atoms. The first-order chi connectivity index (χ1) is 8.06. The molecule has 8 heteroatoms. The van der Waals surface area contributed by atoms with Gasteiger partial charge in [-0.25, -0.2) is 19.6 Å². The molecule has 0 fully saturated rings. The van der Waals surface area contributed by atoms with Crippen LogP contribution >= 0.6 is 0 Å². The highest BCUT2D eigenvalue weighted by molar-refractivity contribution is 5.44. The normalized spacial score (nSPS) is 10.7. The maximum atomic E-state index is 12.4. The SMILES string of the molecule is Cc1cc(N(CCO)CC(F)F)nc(NN)n1. The molecule has 0 aliphatic rings. The first-order valence-corrected chi connectivity index (χ1v) is 5.03. The van der Waals surface area contributed by atoms with E-state index in [9.17, 15) is 8.78 Å². The number of aliphatic hydroxyl groups is 1. The molecule has 1 aromatic heterocycles. The van der Waals surface area contributed by atoms with Gasteiger partial charge < -0.3 is 10.0 Å². The highest BCUT2D eigenvalue weighted by atomic mass is 19.3. The van der Waals surface area contributed by atoms with Crippen molar-refractivity contribution in [3.63, 3.8) is 0 Å². The molecule has 17 heavy (non-hydrogen) atoms. The molecule has 0 aromatic carbocycles. The van der Waals surface area contributed by atoms with E-state index in [1.165, 1.54) is 4.90 Å². The lowest BCUT2D eigenvalue weighted by molar-refractivity contribution is 0.152. The summed E-state index contributed by atoms with van der Waals surface area (Å²) in [6.07, 6.45) is -2.51. The summed E-state index contributed by atoms with van der Waals surface area (Å²) < 4.78 is 24.7. The van der Waals surface area contributed by atoms with Gasteiger partial charge in [0.2, 0.25) is 5.95 Å². The Labute approximate surface area is 97.4 Å². The van der Waals surface area contributed by atoms with Gasteiger partial charge in [0.15, 0.2) is 0 Å². The Morgan fingerprint density at radius 3 is 2.76 bits per heavy atom. The highest BCUT2D eigenvalue weighted by Crippen LogP contribution is 2.15. The van der Waals surface area contributed by atoms with Crippen molar-refractivity contribution >= 4 is 11.8 Å². The third kappa shape index (κ3) is 4.08. The van der Waals surface area contributed by atoms with Crippen molar-refractivity contribution in [2.24, 2.45) is 5.84 Å². The number of anilines is 2. The molecule has 0 unspecified atom stereocenters. The largest absolute Gasteiger partial charge is 0.395 e. The number of hydrogen-bond acceptors (Lipinski definition) is 6. The zero-order valence-electron chi connectivity index (χ0n) is 9.40. The summed E-state index contributed by atoms with van der Waals surface area (Å²) in [4.78, 5) is 9.19. The molecule has 1 rings (SSSR count). The second-order valence-electron chi connectivity index (χ2n) is 3.40. The summed E-state index contributed by atoms with van der Waals surface area (Å²) in [5, 5.41) is 8.84. The first kappa shape index (κ1) is 13.5.